The summed E-state index contributed by atoms with van der Waals surface area (Å²) in [6, 6.07) is 8.54. The van der Waals surface area contributed by atoms with Gasteiger partial charge in [-0.3, -0.25) is 4.79 Å². The molecule has 1 N–H and O–H groups in total. The van der Waals surface area contributed by atoms with E-state index in [2.05, 4.69) is 29.6 Å². The minimum Gasteiger partial charge on any atom is -0.378 e. The first-order chi connectivity index (χ1) is 11.3. The monoisotopic (exact) mass is 315 g/mol. The van der Waals surface area contributed by atoms with Crippen LogP contribution in [-0.2, 0) is 16.0 Å². The van der Waals surface area contributed by atoms with Crippen LogP contribution in [0.4, 0.5) is 0 Å². The van der Waals surface area contributed by atoms with Crippen LogP contribution in [0.3, 0.4) is 0 Å². The lowest BCUT2D eigenvalue weighted by atomic mass is 9.97. The fraction of sp³-hybridized carbons (Fsp3) is 0.650. The van der Waals surface area contributed by atoms with Crippen molar-refractivity contribution in [3.8, 4) is 0 Å². The Labute approximate surface area is 139 Å². The van der Waals surface area contributed by atoms with E-state index in [1.165, 1.54) is 43.2 Å². The molecule has 1 atom stereocenters. The summed E-state index contributed by atoms with van der Waals surface area (Å²) in [6.07, 6.45) is 10.6. The Balaban J connectivity index is 1.30. The lowest BCUT2D eigenvalue weighted by Gasteiger charge is -2.22. The van der Waals surface area contributed by atoms with Crippen molar-refractivity contribution in [2.75, 3.05) is 13.2 Å². The molecule has 0 heterocycles. The molecular weight excluding hydrogens is 286 g/mol. The first kappa shape index (κ1) is 16.5. The molecule has 0 aliphatic heterocycles. The topological polar surface area (TPSA) is 38.3 Å². The van der Waals surface area contributed by atoms with Crippen molar-refractivity contribution in [2.45, 2.75) is 69.8 Å². The van der Waals surface area contributed by atoms with E-state index in [1.54, 1.807) is 0 Å². The second-order valence-corrected chi connectivity index (χ2v) is 6.97. The molecule has 1 saturated carbocycles. The Kier molecular flexibility index (Phi) is 6.09. The van der Waals surface area contributed by atoms with E-state index >= 15 is 0 Å². The maximum absolute atomic E-state index is 12.1. The maximum atomic E-state index is 12.1. The highest BCUT2D eigenvalue weighted by molar-refractivity contribution is 5.77. The van der Waals surface area contributed by atoms with E-state index in [1.807, 2.05) is 0 Å². The van der Waals surface area contributed by atoms with Crippen molar-refractivity contribution in [3.63, 3.8) is 0 Å². The number of carbonyl (C=O) groups excluding carboxylic acids is 1. The molecule has 3 heteroatoms. The zero-order valence-corrected chi connectivity index (χ0v) is 14.1. The number of carbonyl (C=O) groups is 1. The van der Waals surface area contributed by atoms with Gasteiger partial charge in [-0.25, -0.2) is 0 Å². The summed E-state index contributed by atoms with van der Waals surface area (Å²) < 4.78 is 5.89. The number of nitrogens with one attached hydrogen (secondary N) is 1. The minimum absolute atomic E-state index is 0.185. The third-order valence-corrected chi connectivity index (χ3v) is 5.24. The third kappa shape index (κ3) is 4.81. The van der Waals surface area contributed by atoms with Crippen molar-refractivity contribution in [3.05, 3.63) is 35.4 Å². The second kappa shape index (κ2) is 8.49. The minimum atomic E-state index is 0.185. The first-order valence-electron chi connectivity index (χ1n) is 9.29. The Hall–Kier alpha value is -1.35. The van der Waals surface area contributed by atoms with Crippen LogP contribution in [0.1, 0.15) is 68.4 Å². The van der Waals surface area contributed by atoms with Gasteiger partial charge in [0.2, 0.25) is 5.91 Å². The predicted octanol–water partition coefficient (Wildman–Crippen LogP) is 3.96. The molecule has 0 saturated heterocycles. The van der Waals surface area contributed by atoms with Crippen LogP contribution in [0.5, 0.6) is 0 Å². The maximum Gasteiger partial charge on any atom is 0.220 e. The van der Waals surface area contributed by atoms with Gasteiger partial charge in [-0.1, -0.05) is 43.5 Å². The van der Waals surface area contributed by atoms with Gasteiger partial charge in [0.1, 0.15) is 0 Å². The highest BCUT2D eigenvalue weighted by Crippen LogP contribution is 2.35. The normalized spacial score (nSPS) is 21.1. The van der Waals surface area contributed by atoms with Gasteiger partial charge in [-0.15, -0.1) is 0 Å². The van der Waals surface area contributed by atoms with E-state index in [4.69, 9.17) is 4.74 Å². The summed E-state index contributed by atoms with van der Waals surface area (Å²) in [5.41, 5.74) is 2.80. The molecule has 0 spiro atoms. The molecule has 3 nitrogen and oxygen atoms in total. The molecule has 0 radical (unpaired) electrons. The molecule has 2 aliphatic rings. The summed E-state index contributed by atoms with van der Waals surface area (Å²) in [5, 5.41) is 3.06. The molecule has 23 heavy (non-hydrogen) atoms. The highest BCUT2D eigenvalue weighted by atomic mass is 16.5. The van der Waals surface area contributed by atoms with Crippen LogP contribution in [0.15, 0.2) is 24.3 Å². The highest BCUT2D eigenvalue weighted by Gasteiger charge is 2.23. The summed E-state index contributed by atoms with van der Waals surface area (Å²) in [5.74, 6) is 0.592. The molecule has 0 aromatic heterocycles. The fourth-order valence-corrected chi connectivity index (χ4v) is 3.94. The molecular formula is C20H29NO2. The van der Waals surface area contributed by atoms with Gasteiger partial charge in [-0.05, 0) is 49.1 Å². The Bertz CT molecular complexity index is 508. The van der Waals surface area contributed by atoms with E-state index in [9.17, 15) is 4.79 Å². The standard InChI is InChI=1S/C20H29NO2/c22-20(15-17-12-11-16-7-4-5-10-19(16)17)21-13-6-14-23-18-8-2-1-3-9-18/h4-5,7,10,17-18H,1-3,6,8-9,11-15H2,(H,21,22). The number of hydrogen-bond acceptors (Lipinski definition) is 2. The number of benzene rings is 1. The second-order valence-electron chi connectivity index (χ2n) is 6.97. The number of hydrogen-bond donors (Lipinski definition) is 1. The smallest absolute Gasteiger partial charge is 0.220 e. The van der Waals surface area contributed by atoms with Crippen LogP contribution in [0.25, 0.3) is 0 Å². The summed E-state index contributed by atoms with van der Waals surface area (Å²) in [4.78, 5) is 12.1. The van der Waals surface area contributed by atoms with Gasteiger partial charge < -0.3 is 10.1 Å². The van der Waals surface area contributed by atoms with Crippen LogP contribution in [-0.4, -0.2) is 25.2 Å². The lowest BCUT2D eigenvalue weighted by molar-refractivity contribution is -0.121. The summed E-state index contributed by atoms with van der Waals surface area (Å²) in [7, 11) is 0. The van der Waals surface area contributed by atoms with Crippen LogP contribution >= 0.6 is 0 Å². The van der Waals surface area contributed by atoms with Gasteiger partial charge in [0.05, 0.1) is 6.10 Å². The van der Waals surface area contributed by atoms with E-state index < -0.39 is 0 Å². The third-order valence-electron chi connectivity index (χ3n) is 5.24. The zero-order valence-electron chi connectivity index (χ0n) is 14.1. The predicted molar refractivity (Wildman–Crippen MR) is 92.6 cm³/mol. The SMILES string of the molecule is O=C(CC1CCc2ccccc21)NCCCOC1CCCCC1. The Morgan fingerprint density at radius 1 is 1.13 bits per heavy atom. The van der Waals surface area contributed by atoms with E-state index in [0.717, 1.165) is 32.4 Å². The van der Waals surface area contributed by atoms with Crippen LogP contribution in [0.2, 0.25) is 0 Å². The molecule has 126 valence electrons. The molecule has 1 fully saturated rings. The van der Waals surface area contributed by atoms with Gasteiger partial charge in [0.25, 0.3) is 0 Å². The number of ether oxygens (including phenoxy) is 1. The summed E-state index contributed by atoms with van der Waals surface area (Å²) >= 11 is 0. The van der Waals surface area contributed by atoms with Gasteiger partial charge in [0.15, 0.2) is 0 Å². The van der Waals surface area contributed by atoms with Crippen LogP contribution in [0, 0.1) is 0 Å². The quantitative estimate of drug-likeness (QED) is 0.773. The number of aryl methyl sites for hydroxylation is 1. The van der Waals surface area contributed by atoms with Crippen molar-refractivity contribution < 1.29 is 9.53 Å². The number of fused-ring (bicyclic) bond motifs is 1. The van der Waals surface area contributed by atoms with E-state index in [-0.39, 0.29) is 5.91 Å². The molecule has 1 unspecified atom stereocenters. The largest absolute Gasteiger partial charge is 0.378 e. The number of amides is 1. The van der Waals surface area contributed by atoms with Crippen molar-refractivity contribution >= 4 is 5.91 Å². The molecule has 2 aliphatic carbocycles. The summed E-state index contributed by atoms with van der Waals surface area (Å²) in [6.45, 7) is 1.51. The van der Waals surface area contributed by atoms with Crippen molar-refractivity contribution in [1.82, 2.24) is 5.32 Å². The molecule has 1 amide bonds. The number of rotatable bonds is 7. The van der Waals surface area contributed by atoms with E-state index in [0.29, 0.717) is 18.4 Å². The Morgan fingerprint density at radius 3 is 2.83 bits per heavy atom. The fourth-order valence-electron chi connectivity index (χ4n) is 3.94. The molecule has 1 aromatic rings. The van der Waals surface area contributed by atoms with Crippen LogP contribution < -0.4 is 5.32 Å². The zero-order chi connectivity index (χ0) is 15.9. The average Bonchev–Trinajstić information content (AvgIpc) is 2.99. The van der Waals surface area contributed by atoms with Gasteiger partial charge >= 0.3 is 0 Å². The van der Waals surface area contributed by atoms with Gasteiger partial charge in [-0.2, -0.15) is 0 Å². The first-order valence-corrected chi connectivity index (χ1v) is 9.29. The van der Waals surface area contributed by atoms with Gasteiger partial charge in [0, 0.05) is 19.6 Å². The Morgan fingerprint density at radius 2 is 1.96 bits per heavy atom. The average molecular weight is 315 g/mol. The molecule has 1 aromatic carbocycles. The molecule has 3 rings (SSSR count). The van der Waals surface area contributed by atoms with Crippen molar-refractivity contribution in [2.24, 2.45) is 0 Å². The van der Waals surface area contributed by atoms with Crippen molar-refractivity contribution in [1.29, 1.82) is 0 Å². The molecule has 0 bridgehead atoms. The lowest BCUT2D eigenvalue weighted by Crippen LogP contribution is -2.27.